The number of piperidine rings is 1. The van der Waals surface area contributed by atoms with Gasteiger partial charge < -0.3 is 5.32 Å². The SMILES string of the molecule is CCC1CCNC(Cc2cc(F)cc(F)c2)C1. The Kier molecular flexibility index (Phi) is 4.11. The molecule has 1 N–H and O–H groups in total. The van der Waals surface area contributed by atoms with Crippen molar-refractivity contribution in [3.63, 3.8) is 0 Å². The topological polar surface area (TPSA) is 12.0 Å². The molecular weight excluding hydrogens is 220 g/mol. The molecule has 3 heteroatoms. The molecule has 0 amide bonds. The second-order valence-corrected chi connectivity index (χ2v) is 4.93. The number of halogens is 2. The van der Waals surface area contributed by atoms with Gasteiger partial charge in [0.1, 0.15) is 11.6 Å². The molecule has 94 valence electrons. The second kappa shape index (κ2) is 5.58. The minimum atomic E-state index is -0.483. The van der Waals surface area contributed by atoms with E-state index in [4.69, 9.17) is 0 Å². The van der Waals surface area contributed by atoms with Gasteiger partial charge >= 0.3 is 0 Å². The van der Waals surface area contributed by atoms with Gasteiger partial charge in [0.15, 0.2) is 0 Å². The molecule has 1 aromatic rings. The van der Waals surface area contributed by atoms with Crippen molar-refractivity contribution in [1.82, 2.24) is 5.32 Å². The van der Waals surface area contributed by atoms with Crippen molar-refractivity contribution in [1.29, 1.82) is 0 Å². The summed E-state index contributed by atoms with van der Waals surface area (Å²) in [6.07, 6.45) is 4.22. The molecule has 1 saturated heterocycles. The van der Waals surface area contributed by atoms with E-state index in [2.05, 4.69) is 12.2 Å². The van der Waals surface area contributed by atoms with Crippen molar-refractivity contribution in [2.24, 2.45) is 5.92 Å². The highest BCUT2D eigenvalue weighted by molar-refractivity contribution is 5.19. The van der Waals surface area contributed by atoms with Crippen molar-refractivity contribution in [3.05, 3.63) is 35.4 Å². The van der Waals surface area contributed by atoms with E-state index in [0.717, 1.165) is 30.5 Å². The zero-order chi connectivity index (χ0) is 12.3. The molecule has 0 bridgehead atoms. The maximum Gasteiger partial charge on any atom is 0.126 e. The molecule has 0 spiro atoms. The summed E-state index contributed by atoms with van der Waals surface area (Å²) in [5.41, 5.74) is 0.747. The first-order valence-electron chi connectivity index (χ1n) is 6.35. The normalized spacial score (nSPS) is 24.9. The molecule has 0 aliphatic carbocycles. The molecule has 0 saturated carbocycles. The third-order valence-electron chi connectivity index (χ3n) is 3.59. The molecule has 2 unspecified atom stereocenters. The van der Waals surface area contributed by atoms with E-state index in [9.17, 15) is 8.78 Å². The van der Waals surface area contributed by atoms with Gasteiger partial charge in [-0.3, -0.25) is 0 Å². The van der Waals surface area contributed by atoms with Gasteiger partial charge in [0.25, 0.3) is 0 Å². The van der Waals surface area contributed by atoms with Crippen LogP contribution in [0.3, 0.4) is 0 Å². The van der Waals surface area contributed by atoms with Gasteiger partial charge in [-0.2, -0.15) is 0 Å². The van der Waals surface area contributed by atoms with Crippen LogP contribution in [0.15, 0.2) is 18.2 Å². The first-order valence-corrected chi connectivity index (χ1v) is 6.35. The van der Waals surface area contributed by atoms with E-state index in [0.29, 0.717) is 12.5 Å². The Balaban J connectivity index is 2.00. The maximum absolute atomic E-state index is 13.1. The zero-order valence-electron chi connectivity index (χ0n) is 10.2. The van der Waals surface area contributed by atoms with Crippen molar-refractivity contribution in [2.45, 2.75) is 38.6 Å². The summed E-state index contributed by atoms with van der Waals surface area (Å²) in [6, 6.07) is 4.14. The average molecular weight is 239 g/mol. The predicted molar refractivity (Wildman–Crippen MR) is 64.9 cm³/mol. The van der Waals surface area contributed by atoms with Crippen LogP contribution in [0.25, 0.3) is 0 Å². The van der Waals surface area contributed by atoms with Gasteiger partial charge in [0, 0.05) is 12.1 Å². The number of benzene rings is 1. The summed E-state index contributed by atoms with van der Waals surface area (Å²) in [6.45, 7) is 3.22. The molecule has 0 aromatic heterocycles. The Bertz CT molecular complexity index is 358. The van der Waals surface area contributed by atoms with Crippen molar-refractivity contribution >= 4 is 0 Å². The van der Waals surface area contributed by atoms with E-state index in [-0.39, 0.29) is 0 Å². The van der Waals surface area contributed by atoms with Crippen LogP contribution in [-0.2, 0) is 6.42 Å². The van der Waals surface area contributed by atoms with E-state index < -0.39 is 11.6 Å². The van der Waals surface area contributed by atoms with E-state index in [1.54, 1.807) is 0 Å². The van der Waals surface area contributed by atoms with Crippen molar-refractivity contribution in [3.8, 4) is 0 Å². The molecule has 1 fully saturated rings. The molecule has 1 aliphatic heterocycles. The first-order chi connectivity index (χ1) is 8.17. The Morgan fingerprint density at radius 3 is 2.59 bits per heavy atom. The minimum Gasteiger partial charge on any atom is -0.314 e. The number of hydrogen-bond acceptors (Lipinski definition) is 1. The van der Waals surface area contributed by atoms with E-state index in [1.165, 1.54) is 25.0 Å². The van der Waals surface area contributed by atoms with Crippen LogP contribution in [0.5, 0.6) is 0 Å². The summed E-state index contributed by atoms with van der Waals surface area (Å²) in [5.74, 6) is -0.217. The first kappa shape index (κ1) is 12.5. The van der Waals surface area contributed by atoms with Gasteiger partial charge in [-0.05, 0) is 49.4 Å². The van der Waals surface area contributed by atoms with Gasteiger partial charge in [0.2, 0.25) is 0 Å². The summed E-state index contributed by atoms with van der Waals surface area (Å²) in [5, 5.41) is 3.43. The van der Waals surface area contributed by atoms with Crippen LogP contribution in [0.4, 0.5) is 8.78 Å². The molecule has 1 heterocycles. The lowest BCUT2D eigenvalue weighted by Gasteiger charge is -2.29. The molecule has 2 atom stereocenters. The highest BCUT2D eigenvalue weighted by Crippen LogP contribution is 2.22. The average Bonchev–Trinajstić information content (AvgIpc) is 2.28. The Morgan fingerprint density at radius 1 is 1.24 bits per heavy atom. The van der Waals surface area contributed by atoms with Gasteiger partial charge in [-0.15, -0.1) is 0 Å². The van der Waals surface area contributed by atoms with E-state index in [1.807, 2.05) is 0 Å². The second-order valence-electron chi connectivity index (χ2n) is 4.93. The number of hydrogen-bond donors (Lipinski definition) is 1. The quantitative estimate of drug-likeness (QED) is 0.853. The maximum atomic E-state index is 13.1. The zero-order valence-corrected chi connectivity index (χ0v) is 10.2. The molecular formula is C14H19F2N. The molecule has 17 heavy (non-hydrogen) atoms. The lowest BCUT2D eigenvalue weighted by atomic mass is 9.87. The summed E-state index contributed by atoms with van der Waals surface area (Å²) < 4.78 is 26.1. The largest absolute Gasteiger partial charge is 0.314 e. The molecule has 1 nitrogen and oxygen atoms in total. The number of nitrogens with one attached hydrogen (secondary N) is 1. The monoisotopic (exact) mass is 239 g/mol. The Labute approximate surface area is 101 Å². The highest BCUT2D eigenvalue weighted by Gasteiger charge is 2.20. The highest BCUT2D eigenvalue weighted by atomic mass is 19.1. The molecule has 2 rings (SSSR count). The predicted octanol–water partition coefficient (Wildman–Crippen LogP) is 3.29. The molecule has 0 radical (unpaired) electrons. The fourth-order valence-corrected chi connectivity index (χ4v) is 2.63. The fraction of sp³-hybridized carbons (Fsp3) is 0.571. The fourth-order valence-electron chi connectivity index (χ4n) is 2.63. The summed E-state index contributed by atoms with van der Waals surface area (Å²) in [7, 11) is 0. The third kappa shape index (κ3) is 3.50. The van der Waals surface area contributed by atoms with Crippen LogP contribution in [0.2, 0.25) is 0 Å². The van der Waals surface area contributed by atoms with Crippen LogP contribution < -0.4 is 5.32 Å². The van der Waals surface area contributed by atoms with Crippen LogP contribution in [0, 0.1) is 17.6 Å². The van der Waals surface area contributed by atoms with Crippen LogP contribution >= 0.6 is 0 Å². The summed E-state index contributed by atoms with van der Waals surface area (Å²) in [4.78, 5) is 0. The Morgan fingerprint density at radius 2 is 1.94 bits per heavy atom. The number of rotatable bonds is 3. The van der Waals surface area contributed by atoms with Crippen LogP contribution in [0.1, 0.15) is 31.7 Å². The van der Waals surface area contributed by atoms with Gasteiger partial charge in [-0.25, -0.2) is 8.78 Å². The minimum absolute atomic E-state index is 0.356. The summed E-state index contributed by atoms with van der Waals surface area (Å²) >= 11 is 0. The standard InChI is InChI=1S/C14H19F2N/c1-2-10-3-4-17-14(7-10)8-11-5-12(15)9-13(16)6-11/h5-6,9-10,14,17H,2-4,7-8H2,1H3. The van der Waals surface area contributed by atoms with Gasteiger partial charge in [0.05, 0.1) is 0 Å². The molecule has 1 aliphatic rings. The van der Waals surface area contributed by atoms with Crippen LogP contribution in [-0.4, -0.2) is 12.6 Å². The lowest BCUT2D eigenvalue weighted by molar-refractivity contribution is 0.293. The smallest absolute Gasteiger partial charge is 0.126 e. The van der Waals surface area contributed by atoms with Gasteiger partial charge in [-0.1, -0.05) is 13.3 Å². The Hall–Kier alpha value is -0.960. The van der Waals surface area contributed by atoms with E-state index >= 15 is 0 Å². The van der Waals surface area contributed by atoms with Crippen molar-refractivity contribution in [2.75, 3.05) is 6.54 Å². The molecule has 1 aromatic carbocycles. The van der Waals surface area contributed by atoms with Crippen molar-refractivity contribution < 1.29 is 8.78 Å². The lowest BCUT2D eigenvalue weighted by Crippen LogP contribution is -2.39. The third-order valence-corrected chi connectivity index (χ3v) is 3.59.